The molecule has 98 valence electrons. The zero-order valence-electron chi connectivity index (χ0n) is 9.77. The van der Waals surface area contributed by atoms with E-state index >= 15 is 0 Å². The lowest BCUT2D eigenvalue weighted by Gasteiger charge is -1.99. The number of aliphatic hydroxyl groups excluding tert-OH is 1. The number of amides is 1. The first-order valence-electron chi connectivity index (χ1n) is 5.39. The first kappa shape index (κ1) is 13.7. The van der Waals surface area contributed by atoms with Crippen LogP contribution in [0.4, 0.5) is 0 Å². The maximum atomic E-state index is 11.7. The molecule has 1 amide bonds. The van der Waals surface area contributed by atoms with Gasteiger partial charge in [0.1, 0.15) is 6.61 Å². The Labute approximate surface area is 119 Å². The smallest absolute Gasteiger partial charge is 0.287 e. The van der Waals surface area contributed by atoms with E-state index in [4.69, 9.17) is 21.1 Å². The predicted octanol–water partition coefficient (Wildman–Crippen LogP) is 2.27. The van der Waals surface area contributed by atoms with Crippen molar-refractivity contribution in [2.45, 2.75) is 6.54 Å². The Bertz CT molecular complexity index is 636. The van der Waals surface area contributed by atoms with Crippen LogP contribution < -0.4 is 5.32 Å². The first-order chi connectivity index (χ1) is 9.19. The fourth-order valence-electron chi connectivity index (χ4n) is 1.37. The maximum absolute atomic E-state index is 11.7. The van der Waals surface area contributed by atoms with E-state index in [9.17, 15) is 4.79 Å². The lowest BCUT2D eigenvalue weighted by atomic mass is 10.3. The normalized spacial score (nSPS) is 9.79. The highest BCUT2D eigenvalue weighted by atomic mass is 35.5. The number of hydrogen-bond acceptors (Lipinski definition) is 4. The second kappa shape index (κ2) is 6.43. The third-order valence-corrected chi connectivity index (χ3v) is 3.33. The summed E-state index contributed by atoms with van der Waals surface area (Å²) in [5.74, 6) is 5.23. The molecular formula is C13H10ClNO3S. The van der Waals surface area contributed by atoms with Crippen LogP contribution in [0.5, 0.6) is 0 Å². The highest BCUT2D eigenvalue weighted by molar-refractivity contribution is 7.10. The number of aliphatic hydroxyl groups is 1. The average molecular weight is 296 g/mol. The van der Waals surface area contributed by atoms with Gasteiger partial charge in [0.15, 0.2) is 11.0 Å². The van der Waals surface area contributed by atoms with Gasteiger partial charge in [0.05, 0.1) is 6.54 Å². The minimum atomic E-state index is -0.316. The lowest BCUT2D eigenvalue weighted by Crippen LogP contribution is -2.21. The van der Waals surface area contributed by atoms with Gasteiger partial charge in [-0.1, -0.05) is 11.8 Å². The van der Waals surface area contributed by atoms with Crippen molar-refractivity contribution in [1.82, 2.24) is 5.32 Å². The van der Waals surface area contributed by atoms with Crippen LogP contribution >= 0.6 is 22.9 Å². The van der Waals surface area contributed by atoms with E-state index in [1.165, 1.54) is 23.5 Å². The Morgan fingerprint density at radius 3 is 3.05 bits per heavy atom. The largest absolute Gasteiger partial charge is 0.440 e. The van der Waals surface area contributed by atoms with Gasteiger partial charge in [-0.05, 0) is 29.8 Å². The standard InChI is InChI=1S/C13H10ClNO3S/c14-12-4-3-11(18-12)13(17)15-7-10-6-9(8-19-10)2-1-5-16/h3-4,6,8,16H,5,7H2,(H,15,17). The number of halogens is 1. The zero-order valence-corrected chi connectivity index (χ0v) is 11.3. The number of hydrogen-bond donors (Lipinski definition) is 2. The Morgan fingerprint density at radius 2 is 2.37 bits per heavy atom. The molecule has 2 aromatic rings. The highest BCUT2D eigenvalue weighted by Gasteiger charge is 2.10. The van der Waals surface area contributed by atoms with Gasteiger partial charge in [0.2, 0.25) is 0 Å². The molecule has 2 heterocycles. The summed E-state index contributed by atoms with van der Waals surface area (Å²) in [6, 6.07) is 4.90. The van der Waals surface area contributed by atoms with Gasteiger partial charge < -0.3 is 14.8 Å². The van der Waals surface area contributed by atoms with Crippen molar-refractivity contribution in [2.24, 2.45) is 0 Å². The van der Waals surface area contributed by atoms with Crippen molar-refractivity contribution >= 4 is 28.8 Å². The van der Waals surface area contributed by atoms with Crippen LogP contribution in [0.1, 0.15) is 21.0 Å². The molecule has 2 rings (SSSR count). The van der Waals surface area contributed by atoms with Crippen molar-refractivity contribution in [3.05, 3.63) is 45.0 Å². The summed E-state index contributed by atoms with van der Waals surface area (Å²) in [7, 11) is 0. The molecule has 0 bridgehead atoms. The Balaban J connectivity index is 1.92. The molecule has 0 spiro atoms. The van der Waals surface area contributed by atoms with Crippen LogP contribution in [-0.4, -0.2) is 17.6 Å². The molecule has 0 saturated carbocycles. The van der Waals surface area contributed by atoms with Gasteiger partial charge in [-0.25, -0.2) is 0 Å². The molecule has 4 nitrogen and oxygen atoms in total. The van der Waals surface area contributed by atoms with Crippen molar-refractivity contribution in [3.8, 4) is 11.8 Å². The third-order valence-electron chi connectivity index (χ3n) is 2.19. The molecule has 0 unspecified atom stereocenters. The number of carbonyl (C=O) groups is 1. The van der Waals surface area contributed by atoms with E-state index in [0.29, 0.717) is 6.54 Å². The van der Waals surface area contributed by atoms with Crippen LogP contribution in [-0.2, 0) is 6.54 Å². The van der Waals surface area contributed by atoms with Gasteiger partial charge >= 0.3 is 0 Å². The molecule has 0 fully saturated rings. The molecule has 0 aromatic carbocycles. The number of nitrogens with one attached hydrogen (secondary N) is 1. The summed E-state index contributed by atoms with van der Waals surface area (Å²) in [5, 5.41) is 13.4. The lowest BCUT2D eigenvalue weighted by molar-refractivity contribution is 0.0923. The monoisotopic (exact) mass is 295 g/mol. The van der Waals surface area contributed by atoms with Crippen LogP contribution in [0.2, 0.25) is 5.22 Å². The van der Waals surface area contributed by atoms with Crippen molar-refractivity contribution < 1.29 is 14.3 Å². The van der Waals surface area contributed by atoms with E-state index in [-0.39, 0.29) is 23.5 Å². The topological polar surface area (TPSA) is 62.5 Å². The van der Waals surface area contributed by atoms with Crippen LogP contribution in [0.3, 0.4) is 0 Å². The van der Waals surface area contributed by atoms with E-state index in [2.05, 4.69) is 17.2 Å². The van der Waals surface area contributed by atoms with Crippen LogP contribution in [0.15, 0.2) is 28.0 Å². The van der Waals surface area contributed by atoms with Crippen molar-refractivity contribution in [2.75, 3.05) is 6.61 Å². The Hall–Kier alpha value is -1.74. The van der Waals surface area contributed by atoms with E-state index in [0.717, 1.165) is 10.4 Å². The fraction of sp³-hybridized carbons (Fsp3) is 0.154. The predicted molar refractivity (Wildman–Crippen MR) is 73.2 cm³/mol. The summed E-state index contributed by atoms with van der Waals surface area (Å²) in [6.07, 6.45) is 0. The summed E-state index contributed by atoms with van der Waals surface area (Å²) in [5.41, 5.74) is 0.823. The van der Waals surface area contributed by atoms with E-state index in [1.807, 2.05) is 11.4 Å². The summed E-state index contributed by atoms with van der Waals surface area (Å²) in [4.78, 5) is 12.7. The average Bonchev–Trinajstić information content (AvgIpc) is 3.02. The summed E-state index contributed by atoms with van der Waals surface area (Å²) < 4.78 is 5.00. The first-order valence-corrected chi connectivity index (χ1v) is 6.65. The highest BCUT2D eigenvalue weighted by Crippen LogP contribution is 2.15. The number of rotatable bonds is 3. The molecule has 0 saturated heterocycles. The van der Waals surface area contributed by atoms with Gasteiger partial charge in [-0.2, -0.15) is 0 Å². The fourth-order valence-corrected chi connectivity index (χ4v) is 2.27. The second-order valence-corrected chi connectivity index (χ2v) is 4.92. The maximum Gasteiger partial charge on any atom is 0.287 e. The molecule has 0 atom stereocenters. The molecule has 19 heavy (non-hydrogen) atoms. The molecule has 2 N–H and O–H groups in total. The van der Waals surface area contributed by atoms with Gasteiger partial charge in [0.25, 0.3) is 5.91 Å². The van der Waals surface area contributed by atoms with E-state index < -0.39 is 0 Å². The summed E-state index contributed by atoms with van der Waals surface area (Å²) >= 11 is 7.08. The number of furan rings is 1. The van der Waals surface area contributed by atoms with Gasteiger partial charge in [-0.15, -0.1) is 11.3 Å². The molecule has 0 aliphatic rings. The molecule has 6 heteroatoms. The van der Waals surface area contributed by atoms with Crippen molar-refractivity contribution in [3.63, 3.8) is 0 Å². The molecule has 0 aliphatic carbocycles. The van der Waals surface area contributed by atoms with Gasteiger partial charge in [0, 0.05) is 15.8 Å². The molecule has 2 aromatic heterocycles. The minimum absolute atomic E-state index is 0.166. The molecule has 0 radical (unpaired) electrons. The quantitative estimate of drug-likeness (QED) is 0.854. The number of thiophene rings is 1. The Morgan fingerprint density at radius 1 is 1.53 bits per heavy atom. The van der Waals surface area contributed by atoms with Crippen LogP contribution in [0, 0.1) is 11.8 Å². The second-order valence-electron chi connectivity index (χ2n) is 3.55. The minimum Gasteiger partial charge on any atom is -0.440 e. The van der Waals surface area contributed by atoms with Crippen molar-refractivity contribution in [1.29, 1.82) is 0 Å². The molecule has 0 aliphatic heterocycles. The molecular weight excluding hydrogens is 286 g/mol. The zero-order chi connectivity index (χ0) is 13.7. The van der Waals surface area contributed by atoms with Gasteiger partial charge in [-0.3, -0.25) is 4.79 Å². The number of carbonyl (C=O) groups excluding carboxylic acids is 1. The van der Waals surface area contributed by atoms with E-state index in [1.54, 1.807) is 0 Å². The van der Waals surface area contributed by atoms with Crippen LogP contribution in [0.25, 0.3) is 0 Å². The summed E-state index contributed by atoms with van der Waals surface area (Å²) in [6.45, 7) is 0.226. The Kier molecular flexibility index (Phi) is 4.63. The SMILES string of the molecule is O=C(NCc1cc(C#CCO)cs1)c1ccc(Cl)o1. The third kappa shape index (κ3) is 3.86.